The van der Waals surface area contributed by atoms with Gasteiger partial charge in [-0.1, -0.05) is 19.1 Å². The van der Waals surface area contributed by atoms with Crippen molar-refractivity contribution in [3.05, 3.63) is 47.8 Å². The number of nitrogens with one attached hydrogen (secondary N) is 1. The molecule has 0 atom stereocenters. The van der Waals surface area contributed by atoms with Gasteiger partial charge < -0.3 is 15.8 Å². The first-order chi connectivity index (χ1) is 10.1. The molecule has 0 fully saturated rings. The summed E-state index contributed by atoms with van der Waals surface area (Å²) in [5, 5.41) is 2.64. The molecule has 0 unspecified atom stereocenters. The van der Waals surface area contributed by atoms with Crippen LogP contribution in [-0.2, 0) is 11.4 Å². The van der Waals surface area contributed by atoms with Gasteiger partial charge in [0.1, 0.15) is 12.4 Å². The molecule has 110 valence electrons. The Morgan fingerprint density at radius 2 is 2.00 bits per heavy atom. The van der Waals surface area contributed by atoms with E-state index in [4.69, 9.17) is 10.5 Å². The van der Waals surface area contributed by atoms with E-state index in [9.17, 15) is 9.18 Å². The molecule has 0 saturated heterocycles. The molecule has 0 saturated carbocycles. The smallest absolute Gasteiger partial charge is 0.224 e. The molecule has 0 aliphatic carbocycles. The Labute approximate surface area is 121 Å². The van der Waals surface area contributed by atoms with E-state index in [1.165, 1.54) is 12.1 Å². The predicted molar refractivity (Wildman–Crippen MR) is 78.3 cm³/mol. The number of aromatic nitrogens is 1. The van der Waals surface area contributed by atoms with Gasteiger partial charge in [0.2, 0.25) is 11.8 Å². The lowest BCUT2D eigenvalue weighted by molar-refractivity contribution is -0.115. The van der Waals surface area contributed by atoms with Gasteiger partial charge >= 0.3 is 0 Å². The maximum atomic E-state index is 12.8. The summed E-state index contributed by atoms with van der Waals surface area (Å²) in [7, 11) is 0. The van der Waals surface area contributed by atoms with E-state index < -0.39 is 0 Å². The summed E-state index contributed by atoms with van der Waals surface area (Å²) in [4.78, 5) is 15.4. The minimum atomic E-state index is -0.294. The Balaban J connectivity index is 1.99. The molecule has 1 aromatic carbocycles. The molecule has 2 aromatic rings. The minimum absolute atomic E-state index is 0.136. The topological polar surface area (TPSA) is 77.2 Å². The molecule has 3 N–H and O–H groups in total. The van der Waals surface area contributed by atoms with Crippen LogP contribution < -0.4 is 15.8 Å². The van der Waals surface area contributed by atoms with E-state index in [0.29, 0.717) is 18.0 Å². The highest BCUT2D eigenvalue weighted by Crippen LogP contribution is 2.20. The van der Waals surface area contributed by atoms with Crippen LogP contribution in [0.5, 0.6) is 5.88 Å². The zero-order valence-electron chi connectivity index (χ0n) is 11.6. The number of amides is 1. The first kappa shape index (κ1) is 14.8. The van der Waals surface area contributed by atoms with Crippen LogP contribution in [0, 0.1) is 5.82 Å². The normalized spacial score (nSPS) is 10.2. The number of rotatable bonds is 5. The van der Waals surface area contributed by atoms with Gasteiger partial charge in [-0.2, -0.15) is 4.98 Å². The lowest BCUT2D eigenvalue weighted by atomic mass is 10.2. The van der Waals surface area contributed by atoms with Crippen molar-refractivity contribution in [2.75, 3.05) is 11.1 Å². The highest BCUT2D eigenvalue weighted by molar-refractivity contribution is 5.92. The first-order valence-electron chi connectivity index (χ1n) is 6.52. The number of anilines is 2. The Hall–Kier alpha value is -2.63. The van der Waals surface area contributed by atoms with Crippen molar-refractivity contribution < 1.29 is 13.9 Å². The Kier molecular flexibility index (Phi) is 4.71. The van der Waals surface area contributed by atoms with E-state index in [0.717, 1.165) is 5.56 Å². The number of halogens is 1. The van der Waals surface area contributed by atoms with Crippen molar-refractivity contribution >= 4 is 17.4 Å². The number of nitrogen functional groups attached to an aromatic ring is 1. The van der Waals surface area contributed by atoms with Gasteiger partial charge in [0.25, 0.3) is 0 Å². The molecule has 6 heteroatoms. The lowest BCUT2D eigenvalue weighted by Gasteiger charge is -2.09. The van der Waals surface area contributed by atoms with Crippen LogP contribution in [0.2, 0.25) is 0 Å². The molecule has 0 aliphatic rings. The van der Waals surface area contributed by atoms with E-state index in [-0.39, 0.29) is 24.1 Å². The first-order valence-corrected chi connectivity index (χ1v) is 6.52. The van der Waals surface area contributed by atoms with Gasteiger partial charge in [-0.25, -0.2) is 4.39 Å². The van der Waals surface area contributed by atoms with Crippen molar-refractivity contribution in [1.82, 2.24) is 4.98 Å². The van der Waals surface area contributed by atoms with E-state index in [2.05, 4.69) is 10.3 Å². The standard InChI is InChI=1S/C15H16FN3O2/c1-2-13(20)18-12-7-8-14(19-15(12)17)21-9-10-3-5-11(16)6-4-10/h3-8H,2,9H2,1H3,(H2,17,19)(H,18,20). The van der Waals surface area contributed by atoms with Gasteiger partial charge in [0.05, 0.1) is 5.69 Å². The fraction of sp³-hybridized carbons (Fsp3) is 0.200. The second-order valence-corrected chi connectivity index (χ2v) is 4.40. The summed E-state index contributed by atoms with van der Waals surface area (Å²) in [5.41, 5.74) is 7.03. The number of nitrogens with zero attached hydrogens (tertiary/aromatic N) is 1. The third-order valence-electron chi connectivity index (χ3n) is 2.79. The van der Waals surface area contributed by atoms with Gasteiger partial charge in [-0.15, -0.1) is 0 Å². The number of benzene rings is 1. The summed E-state index contributed by atoms with van der Waals surface area (Å²) in [6, 6.07) is 9.25. The average molecular weight is 289 g/mol. The van der Waals surface area contributed by atoms with Crippen molar-refractivity contribution in [2.45, 2.75) is 20.0 Å². The third-order valence-corrected chi connectivity index (χ3v) is 2.79. The zero-order chi connectivity index (χ0) is 15.2. The van der Waals surface area contributed by atoms with Gasteiger partial charge in [0.15, 0.2) is 5.82 Å². The number of carbonyl (C=O) groups is 1. The number of nitrogens with two attached hydrogens (primary N) is 1. The Morgan fingerprint density at radius 1 is 1.29 bits per heavy atom. The van der Waals surface area contributed by atoms with Crippen molar-refractivity contribution in [3.8, 4) is 5.88 Å². The maximum absolute atomic E-state index is 12.8. The molecule has 1 amide bonds. The second-order valence-electron chi connectivity index (χ2n) is 4.40. The Bertz CT molecular complexity index is 629. The van der Waals surface area contributed by atoms with E-state index in [1.54, 1.807) is 31.2 Å². The summed E-state index contributed by atoms with van der Waals surface area (Å²) in [6.07, 6.45) is 0.363. The van der Waals surface area contributed by atoms with Crippen LogP contribution in [0.1, 0.15) is 18.9 Å². The van der Waals surface area contributed by atoms with Crippen LogP contribution >= 0.6 is 0 Å². The molecule has 0 bridgehead atoms. The third kappa shape index (κ3) is 4.17. The minimum Gasteiger partial charge on any atom is -0.473 e. The van der Waals surface area contributed by atoms with Gasteiger partial charge in [-0.05, 0) is 23.8 Å². The number of carbonyl (C=O) groups excluding carboxylic acids is 1. The largest absolute Gasteiger partial charge is 0.473 e. The average Bonchev–Trinajstić information content (AvgIpc) is 2.49. The van der Waals surface area contributed by atoms with Crippen LogP contribution in [0.25, 0.3) is 0 Å². The summed E-state index contributed by atoms with van der Waals surface area (Å²) in [5.74, 6) is 0.0975. The molecular formula is C15H16FN3O2. The molecule has 21 heavy (non-hydrogen) atoms. The van der Waals surface area contributed by atoms with Crippen LogP contribution in [0.3, 0.4) is 0 Å². The summed E-state index contributed by atoms with van der Waals surface area (Å²) >= 11 is 0. The lowest BCUT2D eigenvalue weighted by Crippen LogP contribution is -2.12. The summed E-state index contributed by atoms with van der Waals surface area (Å²) < 4.78 is 18.2. The Morgan fingerprint density at radius 3 is 2.62 bits per heavy atom. The molecule has 0 radical (unpaired) electrons. The highest BCUT2D eigenvalue weighted by atomic mass is 19.1. The monoisotopic (exact) mass is 289 g/mol. The van der Waals surface area contributed by atoms with Gasteiger partial charge in [0, 0.05) is 12.5 Å². The molecule has 0 spiro atoms. The van der Waals surface area contributed by atoms with Crippen molar-refractivity contribution in [3.63, 3.8) is 0 Å². The fourth-order valence-electron chi connectivity index (χ4n) is 1.62. The molecule has 2 rings (SSSR count). The molecule has 1 heterocycles. The molecular weight excluding hydrogens is 273 g/mol. The highest BCUT2D eigenvalue weighted by Gasteiger charge is 2.06. The van der Waals surface area contributed by atoms with Crippen LogP contribution in [0.4, 0.5) is 15.9 Å². The second kappa shape index (κ2) is 6.69. The van der Waals surface area contributed by atoms with Crippen LogP contribution in [0.15, 0.2) is 36.4 Å². The number of hydrogen-bond donors (Lipinski definition) is 2. The van der Waals surface area contributed by atoms with E-state index in [1.807, 2.05) is 0 Å². The van der Waals surface area contributed by atoms with E-state index >= 15 is 0 Å². The van der Waals surface area contributed by atoms with Gasteiger partial charge in [-0.3, -0.25) is 4.79 Å². The number of hydrogen-bond acceptors (Lipinski definition) is 4. The fourth-order valence-corrected chi connectivity index (χ4v) is 1.62. The molecule has 5 nitrogen and oxygen atoms in total. The van der Waals surface area contributed by atoms with Crippen LogP contribution in [-0.4, -0.2) is 10.9 Å². The van der Waals surface area contributed by atoms with Crippen molar-refractivity contribution in [1.29, 1.82) is 0 Å². The number of pyridine rings is 1. The number of ether oxygens (including phenoxy) is 1. The quantitative estimate of drug-likeness (QED) is 0.887. The zero-order valence-corrected chi connectivity index (χ0v) is 11.6. The van der Waals surface area contributed by atoms with Crippen molar-refractivity contribution in [2.24, 2.45) is 0 Å². The summed E-state index contributed by atoms with van der Waals surface area (Å²) in [6.45, 7) is 2.01. The maximum Gasteiger partial charge on any atom is 0.224 e. The molecule has 1 aromatic heterocycles. The SMILES string of the molecule is CCC(=O)Nc1ccc(OCc2ccc(F)cc2)nc1N. The molecule has 0 aliphatic heterocycles. The predicted octanol–water partition coefficient (Wildman–Crippen LogP) is 2.73.